The number of aryl methyl sites for hydroxylation is 1. The summed E-state index contributed by atoms with van der Waals surface area (Å²) in [5.74, 6) is 1.71. The number of nitriles is 1. The Balaban J connectivity index is 1.67. The molecule has 4 nitrogen and oxygen atoms in total. The first-order chi connectivity index (χ1) is 9.78. The van der Waals surface area contributed by atoms with Gasteiger partial charge < -0.3 is 4.74 Å². The number of benzene rings is 1. The van der Waals surface area contributed by atoms with Crippen molar-refractivity contribution in [2.24, 2.45) is 0 Å². The summed E-state index contributed by atoms with van der Waals surface area (Å²) >= 11 is 1.63. The van der Waals surface area contributed by atoms with Crippen LogP contribution in [-0.4, -0.2) is 22.3 Å². The van der Waals surface area contributed by atoms with Gasteiger partial charge in [0.2, 0.25) is 0 Å². The number of nitrogens with zero attached hydrogens (tertiary/aromatic N) is 3. The average molecular weight is 285 g/mol. The largest absolute Gasteiger partial charge is 0.494 e. The predicted octanol–water partition coefficient (Wildman–Crippen LogP) is 3.22. The van der Waals surface area contributed by atoms with Crippen LogP contribution in [0.5, 0.6) is 5.75 Å². The summed E-state index contributed by atoms with van der Waals surface area (Å²) in [6.07, 6.45) is 2.69. The van der Waals surface area contributed by atoms with E-state index in [2.05, 4.69) is 16.0 Å². The van der Waals surface area contributed by atoms with E-state index in [0.29, 0.717) is 12.2 Å². The highest BCUT2D eigenvalue weighted by molar-refractivity contribution is 7.99. The lowest BCUT2D eigenvalue weighted by molar-refractivity contribution is 0.318. The third kappa shape index (κ3) is 4.56. The fourth-order valence-corrected chi connectivity index (χ4v) is 2.32. The smallest absolute Gasteiger partial charge is 0.187 e. The first kappa shape index (κ1) is 14.4. The zero-order valence-corrected chi connectivity index (χ0v) is 12.1. The fourth-order valence-electron chi connectivity index (χ4n) is 1.53. The second-order valence-corrected chi connectivity index (χ2v) is 5.23. The van der Waals surface area contributed by atoms with Crippen molar-refractivity contribution >= 4 is 11.8 Å². The minimum Gasteiger partial charge on any atom is -0.494 e. The molecule has 0 saturated heterocycles. The lowest BCUT2D eigenvalue weighted by atomic mass is 10.2. The molecule has 0 fully saturated rings. The highest BCUT2D eigenvalue weighted by Gasteiger charge is 1.99. The van der Waals surface area contributed by atoms with Crippen LogP contribution in [0.4, 0.5) is 0 Å². The van der Waals surface area contributed by atoms with Gasteiger partial charge in [0.15, 0.2) is 5.16 Å². The van der Waals surface area contributed by atoms with E-state index in [1.165, 1.54) is 0 Å². The SMILES string of the molecule is Cc1ccnc(SCCCOc2ccc(C#N)cc2)n1. The summed E-state index contributed by atoms with van der Waals surface area (Å²) < 4.78 is 5.60. The van der Waals surface area contributed by atoms with E-state index in [1.54, 1.807) is 30.1 Å². The molecule has 0 spiro atoms. The van der Waals surface area contributed by atoms with Gasteiger partial charge >= 0.3 is 0 Å². The van der Waals surface area contributed by atoms with Gasteiger partial charge in [0.25, 0.3) is 0 Å². The second kappa shape index (κ2) is 7.51. The van der Waals surface area contributed by atoms with Gasteiger partial charge in [0, 0.05) is 17.6 Å². The predicted molar refractivity (Wildman–Crippen MR) is 78.8 cm³/mol. The van der Waals surface area contributed by atoms with E-state index in [-0.39, 0.29) is 0 Å². The zero-order valence-electron chi connectivity index (χ0n) is 11.2. The van der Waals surface area contributed by atoms with Gasteiger partial charge in [0.1, 0.15) is 5.75 Å². The monoisotopic (exact) mass is 285 g/mol. The summed E-state index contributed by atoms with van der Waals surface area (Å²) in [5, 5.41) is 9.51. The van der Waals surface area contributed by atoms with Crippen molar-refractivity contribution in [1.29, 1.82) is 5.26 Å². The van der Waals surface area contributed by atoms with Gasteiger partial charge in [-0.15, -0.1) is 0 Å². The van der Waals surface area contributed by atoms with Crippen LogP contribution in [0.2, 0.25) is 0 Å². The molecule has 102 valence electrons. The van der Waals surface area contributed by atoms with Crippen LogP contribution in [0.3, 0.4) is 0 Å². The molecule has 0 atom stereocenters. The molecule has 0 bridgehead atoms. The molecule has 0 N–H and O–H groups in total. The number of ether oxygens (including phenoxy) is 1. The molecule has 5 heteroatoms. The Kier molecular flexibility index (Phi) is 5.39. The van der Waals surface area contributed by atoms with Gasteiger partial charge in [-0.1, -0.05) is 11.8 Å². The number of thioether (sulfide) groups is 1. The summed E-state index contributed by atoms with van der Waals surface area (Å²) in [6, 6.07) is 11.1. The van der Waals surface area contributed by atoms with E-state index < -0.39 is 0 Å². The molecule has 0 saturated carbocycles. The van der Waals surface area contributed by atoms with Crippen molar-refractivity contribution in [3.63, 3.8) is 0 Å². The Morgan fingerprint density at radius 2 is 2.05 bits per heavy atom. The van der Waals surface area contributed by atoms with Crippen molar-refractivity contribution in [1.82, 2.24) is 9.97 Å². The number of hydrogen-bond acceptors (Lipinski definition) is 5. The van der Waals surface area contributed by atoms with Gasteiger partial charge in [0.05, 0.1) is 18.2 Å². The lowest BCUT2D eigenvalue weighted by Crippen LogP contribution is -1.99. The van der Waals surface area contributed by atoms with E-state index in [4.69, 9.17) is 10.00 Å². The topological polar surface area (TPSA) is 58.8 Å². The Bertz CT molecular complexity index is 593. The summed E-state index contributed by atoms with van der Waals surface area (Å²) in [4.78, 5) is 8.52. The minimum atomic E-state index is 0.643. The van der Waals surface area contributed by atoms with Crippen molar-refractivity contribution < 1.29 is 4.74 Å². The Morgan fingerprint density at radius 1 is 1.25 bits per heavy atom. The molecule has 20 heavy (non-hydrogen) atoms. The lowest BCUT2D eigenvalue weighted by Gasteiger charge is -2.05. The highest BCUT2D eigenvalue weighted by Crippen LogP contribution is 2.15. The first-order valence-electron chi connectivity index (χ1n) is 6.33. The van der Waals surface area contributed by atoms with E-state index in [0.717, 1.165) is 28.8 Å². The fraction of sp³-hybridized carbons (Fsp3) is 0.267. The molecule has 0 unspecified atom stereocenters. The maximum absolute atomic E-state index is 8.70. The Labute approximate surface area is 122 Å². The molecule has 2 aromatic rings. The molecule has 2 rings (SSSR count). The molecular formula is C15H15N3OS. The van der Waals surface area contributed by atoms with Crippen LogP contribution in [0, 0.1) is 18.3 Å². The molecular weight excluding hydrogens is 270 g/mol. The van der Waals surface area contributed by atoms with Crippen LogP contribution in [-0.2, 0) is 0 Å². The summed E-state index contributed by atoms with van der Waals surface area (Å²) in [5.41, 5.74) is 1.63. The van der Waals surface area contributed by atoms with E-state index >= 15 is 0 Å². The number of hydrogen-bond donors (Lipinski definition) is 0. The van der Waals surface area contributed by atoms with Gasteiger partial charge in [-0.2, -0.15) is 5.26 Å². The Hall–Kier alpha value is -2.06. The van der Waals surface area contributed by atoms with Crippen molar-refractivity contribution in [2.75, 3.05) is 12.4 Å². The highest BCUT2D eigenvalue weighted by atomic mass is 32.2. The van der Waals surface area contributed by atoms with Crippen LogP contribution < -0.4 is 4.74 Å². The maximum atomic E-state index is 8.70. The normalized spacial score (nSPS) is 10.0. The Morgan fingerprint density at radius 3 is 2.75 bits per heavy atom. The summed E-state index contributed by atoms with van der Waals surface area (Å²) in [7, 11) is 0. The molecule has 0 aliphatic heterocycles. The number of aromatic nitrogens is 2. The van der Waals surface area contributed by atoms with Crippen molar-refractivity contribution in [3.8, 4) is 11.8 Å². The third-order valence-electron chi connectivity index (χ3n) is 2.54. The van der Waals surface area contributed by atoms with E-state index in [1.807, 2.05) is 25.1 Å². The zero-order chi connectivity index (χ0) is 14.2. The van der Waals surface area contributed by atoms with Crippen molar-refractivity contribution in [2.45, 2.75) is 18.5 Å². The molecule has 1 heterocycles. The van der Waals surface area contributed by atoms with Crippen LogP contribution in [0.25, 0.3) is 0 Å². The quantitative estimate of drug-likeness (QED) is 0.463. The molecule has 0 aliphatic carbocycles. The van der Waals surface area contributed by atoms with Gasteiger partial charge in [-0.05, 0) is 43.7 Å². The minimum absolute atomic E-state index is 0.643. The van der Waals surface area contributed by atoms with Crippen molar-refractivity contribution in [3.05, 3.63) is 47.8 Å². The molecule has 1 aromatic heterocycles. The third-order valence-corrected chi connectivity index (χ3v) is 3.49. The molecule has 0 aliphatic rings. The maximum Gasteiger partial charge on any atom is 0.187 e. The molecule has 0 amide bonds. The molecule has 1 aromatic carbocycles. The van der Waals surface area contributed by atoms with Crippen LogP contribution in [0.15, 0.2) is 41.7 Å². The number of rotatable bonds is 6. The molecule has 0 radical (unpaired) electrons. The van der Waals surface area contributed by atoms with Gasteiger partial charge in [-0.25, -0.2) is 9.97 Å². The standard InChI is InChI=1S/C15H15N3OS/c1-12-7-8-17-15(18-12)20-10-2-9-19-14-5-3-13(11-16)4-6-14/h3-8H,2,9-10H2,1H3. The second-order valence-electron chi connectivity index (χ2n) is 4.17. The average Bonchev–Trinajstić information content (AvgIpc) is 2.48. The van der Waals surface area contributed by atoms with Crippen LogP contribution >= 0.6 is 11.8 Å². The van der Waals surface area contributed by atoms with Gasteiger partial charge in [-0.3, -0.25) is 0 Å². The first-order valence-corrected chi connectivity index (χ1v) is 7.32. The summed E-state index contributed by atoms with van der Waals surface area (Å²) in [6.45, 7) is 2.60. The van der Waals surface area contributed by atoms with Crippen LogP contribution in [0.1, 0.15) is 17.7 Å². The van der Waals surface area contributed by atoms with E-state index in [9.17, 15) is 0 Å².